The summed E-state index contributed by atoms with van der Waals surface area (Å²) in [7, 11) is -3.68. The van der Waals surface area contributed by atoms with E-state index in [0.717, 1.165) is 25.9 Å². The third-order valence-electron chi connectivity index (χ3n) is 3.50. The van der Waals surface area contributed by atoms with Crippen LogP contribution in [-0.4, -0.2) is 43.2 Å². The van der Waals surface area contributed by atoms with Crippen LogP contribution in [0.5, 0.6) is 0 Å². The van der Waals surface area contributed by atoms with Gasteiger partial charge in [-0.2, -0.15) is 0 Å². The Bertz CT molecular complexity index is 602. The Morgan fingerprint density at radius 3 is 2.67 bits per heavy atom. The van der Waals surface area contributed by atoms with Crippen LogP contribution in [-0.2, 0) is 10.0 Å². The van der Waals surface area contributed by atoms with Crippen molar-refractivity contribution in [1.82, 2.24) is 4.90 Å². The standard InChI is InChI=1S/C13H19N3O3S2/c14-21(18,19)12-5-3-11(4-6-12)15-13(20)16-7-1-2-10(8-16)9-17/h3-6,10,17H,1-2,7-9H2,(H,15,20)(H2,14,18,19). The van der Waals surface area contributed by atoms with Gasteiger partial charge in [0.15, 0.2) is 5.11 Å². The van der Waals surface area contributed by atoms with Gasteiger partial charge in [-0.25, -0.2) is 13.6 Å². The summed E-state index contributed by atoms with van der Waals surface area (Å²) in [6.07, 6.45) is 2.01. The molecule has 0 saturated carbocycles. The second-order valence-electron chi connectivity index (χ2n) is 5.14. The molecule has 1 unspecified atom stereocenters. The lowest BCUT2D eigenvalue weighted by Gasteiger charge is -2.33. The minimum Gasteiger partial charge on any atom is -0.396 e. The number of nitrogens with two attached hydrogens (primary N) is 1. The molecule has 0 spiro atoms. The van der Waals surface area contributed by atoms with Crippen molar-refractivity contribution in [2.24, 2.45) is 11.1 Å². The van der Waals surface area contributed by atoms with Gasteiger partial charge < -0.3 is 15.3 Å². The van der Waals surface area contributed by atoms with Crippen LogP contribution in [0.3, 0.4) is 0 Å². The van der Waals surface area contributed by atoms with Crippen molar-refractivity contribution in [2.75, 3.05) is 25.0 Å². The zero-order chi connectivity index (χ0) is 15.5. The van der Waals surface area contributed by atoms with Crippen LogP contribution in [0, 0.1) is 5.92 Å². The predicted octanol–water partition coefficient (Wildman–Crippen LogP) is 0.735. The quantitative estimate of drug-likeness (QED) is 0.708. The number of benzene rings is 1. The van der Waals surface area contributed by atoms with E-state index in [1.54, 1.807) is 12.1 Å². The first-order valence-electron chi connectivity index (χ1n) is 6.70. The van der Waals surface area contributed by atoms with E-state index in [1.165, 1.54) is 12.1 Å². The van der Waals surface area contributed by atoms with Gasteiger partial charge in [-0.05, 0) is 55.2 Å². The second kappa shape index (κ2) is 6.69. The minimum atomic E-state index is -3.68. The highest BCUT2D eigenvalue weighted by atomic mass is 32.2. The third kappa shape index (κ3) is 4.37. The van der Waals surface area contributed by atoms with E-state index in [2.05, 4.69) is 5.32 Å². The van der Waals surface area contributed by atoms with E-state index in [9.17, 15) is 13.5 Å². The fourth-order valence-electron chi connectivity index (χ4n) is 2.33. The number of nitrogens with zero attached hydrogens (tertiary/aromatic N) is 1. The monoisotopic (exact) mass is 329 g/mol. The van der Waals surface area contributed by atoms with Crippen LogP contribution in [0.25, 0.3) is 0 Å². The molecule has 4 N–H and O–H groups in total. The Labute approximate surface area is 130 Å². The first-order chi connectivity index (χ1) is 9.90. The zero-order valence-corrected chi connectivity index (χ0v) is 13.2. The SMILES string of the molecule is NS(=O)(=O)c1ccc(NC(=S)N2CCCC(CO)C2)cc1. The molecule has 1 atom stereocenters. The summed E-state index contributed by atoms with van der Waals surface area (Å²) in [5.41, 5.74) is 0.707. The Kier molecular flexibility index (Phi) is 5.15. The van der Waals surface area contributed by atoms with Crippen molar-refractivity contribution in [3.8, 4) is 0 Å². The molecule has 1 aliphatic heterocycles. The normalized spacial score (nSPS) is 19.3. The number of rotatable bonds is 3. The number of likely N-dealkylation sites (tertiary alicyclic amines) is 1. The molecule has 8 heteroatoms. The maximum absolute atomic E-state index is 11.2. The van der Waals surface area contributed by atoms with Crippen molar-refractivity contribution < 1.29 is 13.5 Å². The molecule has 1 saturated heterocycles. The molecule has 1 aromatic carbocycles. The summed E-state index contributed by atoms with van der Waals surface area (Å²) in [5, 5.41) is 17.9. The van der Waals surface area contributed by atoms with E-state index in [0.29, 0.717) is 10.8 Å². The number of sulfonamides is 1. The Hall–Kier alpha value is -1.22. The molecule has 0 aromatic heterocycles. The summed E-state index contributed by atoms with van der Waals surface area (Å²) in [5.74, 6) is 0.253. The Morgan fingerprint density at radius 2 is 2.10 bits per heavy atom. The van der Waals surface area contributed by atoms with Crippen LogP contribution < -0.4 is 10.5 Å². The van der Waals surface area contributed by atoms with Crippen molar-refractivity contribution in [1.29, 1.82) is 0 Å². The number of anilines is 1. The molecule has 6 nitrogen and oxygen atoms in total. The van der Waals surface area contributed by atoms with Gasteiger partial charge in [0.1, 0.15) is 0 Å². The summed E-state index contributed by atoms with van der Waals surface area (Å²) in [6, 6.07) is 6.12. The van der Waals surface area contributed by atoms with Crippen LogP contribution in [0.1, 0.15) is 12.8 Å². The van der Waals surface area contributed by atoms with Crippen LogP contribution in [0.15, 0.2) is 29.2 Å². The number of piperidine rings is 1. The number of thiocarbonyl (C=S) groups is 1. The van der Waals surface area contributed by atoms with Gasteiger partial charge in [0.2, 0.25) is 10.0 Å². The summed E-state index contributed by atoms with van der Waals surface area (Å²) < 4.78 is 22.4. The second-order valence-corrected chi connectivity index (χ2v) is 7.08. The smallest absolute Gasteiger partial charge is 0.238 e. The van der Waals surface area contributed by atoms with Gasteiger partial charge in [0.05, 0.1) is 4.90 Å². The Balaban J connectivity index is 1.99. The number of nitrogens with one attached hydrogen (secondary N) is 1. The van der Waals surface area contributed by atoms with Gasteiger partial charge >= 0.3 is 0 Å². The van der Waals surface area contributed by atoms with Crippen molar-refractivity contribution >= 4 is 33.0 Å². The van der Waals surface area contributed by atoms with Gasteiger partial charge in [-0.1, -0.05) is 0 Å². The molecule has 0 aliphatic carbocycles. The highest BCUT2D eigenvalue weighted by Crippen LogP contribution is 2.18. The Morgan fingerprint density at radius 1 is 1.43 bits per heavy atom. The lowest BCUT2D eigenvalue weighted by atomic mass is 9.99. The summed E-state index contributed by atoms with van der Waals surface area (Å²) in [6.45, 7) is 1.76. The maximum Gasteiger partial charge on any atom is 0.238 e. The molecule has 1 heterocycles. The molecule has 1 aromatic rings. The molecule has 21 heavy (non-hydrogen) atoms. The zero-order valence-electron chi connectivity index (χ0n) is 11.5. The largest absolute Gasteiger partial charge is 0.396 e. The number of primary sulfonamides is 1. The van der Waals surface area contributed by atoms with E-state index in [4.69, 9.17) is 17.4 Å². The topological polar surface area (TPSA) is 95.7 Å². The van der Waals surface area contributed by atoms with E-state index in [-0.39, 0.29) is 17.4 Å². The predicted molar refractivity (Wildman–Crippen MR) is 85.4 cm³/mol. The lowest BCUT2D eigenvalue weighted by Crippen LogP contribution is -2.43. The molecule has 0 bridgehead atoms. The molecule has 0 radical (unpaired) electrons. The van der Waals surface area contributed by atoms with Crippen molar-refractivity contribution in [2.45, 2.75) is 17.7 Å². The van der Waals surface area contributed by atoms with Crippen molar-refractivity contribution in [3.05, 3.63) is 24.3 Å². The highest BCUT2D eigenvalue weighted by Gasteiger charge is 2.21. The number of aliphatic hydroxyl groups is 1. The fraction of sp³-hybridized carbons (Fsp3) is 0.462. The molecular formula is C13H19N3O3S2. The van der Waals surface area contributed by atoms with Crippen molar-refractivity contribution in [3.63, 3.8) is 0 Å². The maximum atomic E-state index is 11.2. The number of hydrogen-bond acceptors (Lipinski definition) is 4. The number of aliphatic hydroxyl groups excluding tert-OH is 1. The summed E-state index contributed by atoms with van der Waals surface area (Å²) in [4.78, 5) is 2.09. The lowest BCUT2D eigenvalue weighted by molar-refractivity contribution is 0.162. The van der Waals surface area contributed by atoms with Gasteiger partial charge in [-0.3, -0.25) is 0 Å². The molecule has 1 aliphatic rings. The first-order valence-corrected chi connectivity index (χ1v) is 8.65. The van der Waals surface area contributed by atoms with E-state index in [1.807, 2.05) is 4.90 Å². The average molecular weight is 329 g/mol. The molecular weight excluding hydrogens is 310 g/mol. The van der Waals surface area contributed by atoms with Gasteiger partial charge in [0, 0.05) is 25.4 Å². The van der Waals surface area contributed by atoms with Gasteiger partial charge in [0.25, 0.3) is 0 Å². The average Bonchev–Trinajstić information content (AvgIpc) is 2.47. The van der Waals surface area contributed by atoms with Crippen LogP contribution in [0.4, 0.5) is 5.69 Å². The van der Waals surface area contributed by atoms with E-state index >= 15 is 0 Å². The molecule has 2 rings (SSSR count). The molecule has 1 fully saturated rings. The number of hydrogen-bond donors (Lipinski definition) is 3. The molecule has 0 amide bonds. The van der Waals surface area contributed by atoms with Crippen LogP contribution in [0.2, 0.25) is 0 Å². The third-order valence-corrected chi connectivity index (χ3v) is 4.79. The summed E-state index contributed by atoms with van der Waals surface area (Å²) >= 11 is 5.35. The minimum absolute atomic E-state index is 0.0669. The van der Waals surface area contributed by atoms with E-state index < -0.39 is 10.0 Å². The van der Waals surface area contributed by atoms with Gasteiger partial charge in [-0.15, -0.1) is 0 Å². The first kappa shape index (κ1) is 16.2. The highest BCUT2D eigenvalue weighted by molar-refractivity contribution is 7.89. The molecule has 116 valence electrons. The van der Waals surface area contributed by atoms with Crippen LogP contribution >= 0.6 is 12.2 Å². The fourth-order valence-corrected chi connectivity index (χ4v) is 3.13.